The SMILES string of the molecule is CC[C@@H](CO)N1C(=O)[C@@H]2[C@H](C(=O)NCc3ccccc3)[C@@H]3CCC2(O3)C1C(=O)Nc1cc(C)ccc1C. The van der Waals surface area contributed by atoms with Crippen molar-refractivity contribution in [1.29, 1.82) is 0 Å². The van der Waals surface area contributed by atoms with Crippen molar-refractivity contribution < 1.29 is 24.2 Å². The van der Waals surface area contributed by atoms with E-state index in [1.165, 1.54) is 4.90 Å². The first-order chi connectivity index (χ1) is 17.8. The third-order valence-corrected chi connectivity index (χ3v) is 8.33. The Bertz CT molecular complexity index is 1200. The Morgan fingerprint density at radius 2 is 1.92 bits per heavy atom. The van der Waals surface area contributed by atoms with Crippen LogP contribution < -0.4 is 10.6 Å². The first-order valence-corrected chi connectivity index (χ1v) is 13.1. The van der Waals surface area contributed by atoms with Crippen molar-refractivity contribution in [3.63, 3.8) is 0 Å². The van der Waals surface area contributed by atoms with E-state index in [1.807, 2.05) is 69.3 Å². The minimum absolute atomic E-state index is 0.235. The molecule has 3 aliphatic heterocycles. The molecule has 8 nitrogen and oxygen atoms in total. The molecule has 8 heteroatoms. The highest BCUT2D eigenvalue weighted by molar-refractivity contribution is 6.04. The summed E-state index contributed by atoms with van der Waals surface area (Å²) in [5, 5.41) is 16.2. The smallest absolute Gasteiger partial charge is 0.250 e. The Balaban J connectivity index is 1.46. The Morgan fingerprint density at radius 3 is 2.62 bits per heavy atom. The van der Waals surface area contributed by atoms with Crippen molar-refractivity contribution in [3.05, 3.63) is 65.2 Å². The van der Waals surface area contributed by atoms with Crippen LogP contribution in [0.5, 0.6) is 0 Å². The number of aliphatic hydroxyl groups is 1. The Hall–Kier alpha value is -3.23. The zero-order valence-electron chi connectivity index (χ0n) is 21.6. The lowest BCUT2D eigenvalue weighted by molar-refractivity contribution is -0.144. The third-order valence-electron chi connectivity index (χ3n) is 8.33. The third kappa shape index (κ3) is 4.22. The summed E-state index contributed by atoms with van der Waals surface area (Å²) < 4.78 is 6.47. The number of anilines is 1. The molecule has 6 atom stereocenters. The molecule has 0 aliphatic carbocycles. The van der Waals surface area contributed by atoms with Crippen molar-refractivity contribution in [2.75, 3.05) is 11.9 Å². The second kappa shape index (κ2) is 9.91. The molecule has 3 saturated heterocycles. The molecule has 3 aliphatic rings. The highest BCUT2D eigenvalue weighted by atomic mass is 16.5. The minimum atomic E-state index is -1.10. The fraction of sp³-hybridized carbons (Fsp3) is 0.483. The summed E-state index contributed by atoms with van der Waals surface area (Å²) in [5.74, 6) is -2.31. The topological polar surface area (TPSA) is 108 Å². The van der Waals surface area contributed by atoms with E-state index < -0.39 is 35.6 Å². The van der Waals surface area contributed by atoms with Crippen LogP contribution in [0.15, 0.2) is 48.5 Å². The highest BCUT2D eigenvalue weighted by Crippen LogP contribution is 2.59. The largest absolute Gasteiger partial charge is 0.394 e. The predicted molar refractivity (Wildman–Crippen MR) is 138 cm³/mol. The lowest BCUT2D eigenvalue weighted by atomic mass is 9.70. The van der Waals surface area contributed by atoms with Crippen molar-refractivity contribution >= 4 is 23.4 Å². The molecule has 1 spiro atoms. The number of rotatable bonds is 8. The van der Waals surface area contributed by atoms with Gasteiger partial charge in [-0.15, -0.1) is 0 Å². The molecule has 0 radical (unpaired) electrons. The van der Waals surface area contributed by atoms with Gasteiger partial charge in [-0.2, -0.15) is 0 Å². The lowest BCUT2D eigenvalue weighted by Gasteiger charge is -2.36. The van der Waals surface area contributed by atoms with Crippen LogP contribution in [0.25, 0.3) is 0 Å². The van der Waals surface area contributed by atoms with E-state index in [1.54, 1.807) is 0 Å². The van der Waals surface area contributed by atoms with Crippen LogP contribution in [-0.4, -0.2) is 58.1 Å². The van der Waals surface area contributed by atoms with Crippen LogP contribution in [0.1, 0.15) is 42.9 Å². The molecule has 3 amide bonds. The number of amides is 3. The Labute approximate surface area is 217 Å². The van der Waals surface area contributed by atoms with Crippen LogP contribution in [0.3, 0.4) is 0 Å². The fourth-order valence-corrected chi connectivity index (χ4v) is 6.47. The summed E-state index contributed by atoms with van der Waals surface area (Å²) in [6.45, 7) is 5.83. The molecule has 3 fully saturated rings. The van der Waals surface area contributed by atoms with Crippen molar-refractivity contribution in [3.8, 4) is 0 Å². The van der Waals surface area contributed by atoms with Crippen molar-refractivity contribution in [2.45, 2.75) is 70.4 Å². The van der Waals surface area contributed by atoms with Gasteiger partial charge in [-0.25, -0.2) is 0 Å². The lowest BCUT2D eigenvalue weighted by Crippen LogP contribution is -2.56. The van der Waals surface area contributed by atoms with Gasteiger partial charge in [0.2, 0.25) is 17.7 Å². The molecule has 5 rings (SSSR count). The number of carbonyl (C=O) groups excluding carboxylic acids is 3. The molecule has 0 saturated carbocycles. The second-order valence-electron chi connectivity index (χ2n) is 10.6. The summed E-state index contributed by atoms with van der Waals surface area (Å²) in [6.07, 6.45) is 1.17. The monoisotopic (exact) mass is 505 g/mol. The van der Waals surface area contributed by atoms with Crippen molar-refractivity contribution in [2.24, 2.45) is 11.8 Å². The number of likely N-dealkylation sites (tertiary alicyclic amines) is 1. The van der Waals surface area contributed by atoms with Gasteiger partial charge in [0.25, 0.3) is 0 Å². The van der Waals surface area contributed by atoms with Gasteiger partial charge in [0.05, 0.1) is 30.6 Å². The van der Waals surface area contributed by atoms with Crippen LogP contribution in [0.2, 0.25) is 0 Å². The van der Waals surface area contributed by atoms with Gasteiger partial charge in [-0.3, -0.25) is 14.4 Å². The van der Waals surface area contributed by atoms with E-state index in [9.17, 15) is 19.5 Å². The minimum Gasteiger partial charge on any atom is -0.394 e. The van der Waals surface area contributed by atoms with Gasteiger partial charge >= 0.3 is 0 Å². The molecular weight excluding hydrogens is 470 g/mol. The number of hydrogen-bond acceptors (Lipinski definition) is 5. The van der Waals surface area contributed by atoms with Gasteiger partial charge < -0.3 is 25.4 Å². The molecule has 2 bridgehead atoms. The predicted octanol–water partition coefficient (Wildman–Crippen LogP) is 2.70. The second-order valence-corrected chi connectivity index (χ2v) is 10.6. The number of nitrogens with zero attached hydrogens (tertiary/aromatic N) is 1. The van der Waals surface area contributed by atoms with E-state index in [4.69, 9.17) is 4.74 Å². The number of fused-ring (bicyclic) bond motifs is 1. The first kappa shape index (κ1) is 25.4. The normalized spacial score (nSPS) is 28.8. The fourth-order valence-electron chi connectivity index (χ4n) is 6.47. The van der Waals surface area contributed by atoms with E-state index in [0.29, 0.717) is 31.5 Å². The highest BCUT2D eigenvalue weighted by Gasteiger charge is 2.75. The maximum Gasteiger partial charge on any atom is 0.250 e. The molecule has 196 valence electrons. The van der Waals surface area contributed by atoms with Gasteiger partial charge in [-0.1, -0.05) is 49.4 Å². The zero-order valence-corrected chi connectivity index (χ0v) is 21.6. The summed E-state index contributed by atoms with van der Waals surface area (Å²) in [6, 6.07) is 13.9. The molecular formula is C29H35N3O5. The average Bonchev–Trinajstić information content (AvgIpc) is 3.54. The first-order valence-electron chi connectivity index (χ1n) is 13.1. The molecule has 0 aromatic heterocycles. The molecule has 2 aromatic rings. The molecule has 3 N–H and O–H groups in total. The summed E-state index contributed by atoms with van der Waals surface area (Å²) in [5.41, 5.74) is 2.46. The summed E-state index contributed by atoms with van der Waals surface area (Å²) in [7, 11) is 0. The standard InChI is InChI=1S/C29H35N3O5/c1-4-20(16-33)32-25(27(35)31-21-14-17(2)10-11-18(21)3)29-13-12-22(37-29)23(24(29)28(32)36)26(34)30-15-19-8-6-5-7-9-19/h5-11,14,20,22-25,33H,4,12-13,15-16H2,1-3H3,(H,30,34)(H,31,35)/t20-,22-,23+,24-,25?,29?/m0/s1. The maximum absolute atomic E-state index is 14.0. The van der Waals surface area contributed by atoms with Gasteiger partial charge in [0, 0.05) is 12.2 Å². The number of aliphatic hydroxyl groups excluding tert-OH is 1. The van der Waals surface area contributed by atoms with Crippen molar-refractivity contribution in [1.82, 2.24) is 10.2 Å². The molecule has 3 heterocycles. The van der Waals surface area contributed by atoms with Crippen LogP contribution in [-0.2, 0) is 25.7 Å². The Morgan fingerprint density at radius 1 is 1.16 bits per heavy atom. The van der Waals surface area contributed by atoms with E-state index in [-0.39, 0.29) is 24.3 Å². The molecule has 2 unspecified atom stereocenters. The number of benzene rings is 2. The number of nitrogens with one attached hydrogen (secondary N) is 2. The zero-order chi connectivity index (χ0) is 26.3. The number of aryl methyl sites for hydroxylation is 2. The Kier molecular flexibility index (Phi) is 6.81. The van der Waals surface area contributed by atoms with E-state index >= 15 is 0 Å². The summed E-state index contributed by atoms with van der Waals surface area (Å²) >= 11 is 0. The van der Waals surface area contributed by atoms with Crippen LogP contribution >= 0.6 is 0 Å². The summed E-state index contributed by atoms with van der Waals surface area (Å²) in [4.78, 5) is 42.8. The maximum atomic E-state index is 14.0. The van der Waals surface area contributed by atoms with Gasteiger partial charge in [0.1, 0.15) is 11.6 Å². The number of hydrogen-bond donors (Lipinski definition) is 3. The molecule has 2 aromatic carbocycles. The van der Waals surface area contributed by atoms with Crippen LogP contribution in [0, 0.1) is 25.7 Å². The number of ether oxygens (including phenoxy) is 1. The molecule has 37 heavy (non-hydrogen) atoms. The number of carbonyl (C=O) groups is 3. The van der Waals surface area contributed by atoms with Crippen LogP contribution in [0.4, 0.5) is 5.69 Å². The van der Waals surface area contributed by atoms with E-state index in [2.05, 4.69) is 10.6 Å². The quantitative estimate of drug-likeness (QED) is 0.511. The van der Waals surface area contributed by atoms with Gasteiger partial charge in [0.15, 0.2) is 0 Å². The average molecular weight is 506 g/mol. The van der Waals surface area contributed by atoms with E-state index in [0.717, 1.165) is 16.7 Å². The van der Waals surface area contributed by atoms with Gasteiger partial charge in [-0.05, 0) is 55.9 Å².